The van der Waals surface area contributed by atoms with Crippen LogP contribution in [0.15, 0.2) is 67.0 Å². The summed E-state index contributed by atoms with van der Waals surface area (Å²) in [6, 6.07) is 18.8. The van der Waals surface area contributed by atoms with Crippen LogP contribution in [0.5, 0.6) is 0 Å². The summed E-state index contributed by atoms with van der Waals surface area (Å²) in [7, 11) is 0. The quantitative estimate of drug-likeness (QED) is 0.618. The third-order valence-corrected chi connectivity index (χ3v) is 7.08. The molecular weight excluding hydrogens is 384 g/mol. The van der Waals surface area contributed by atoms with Crippen molar-refractivity contribution >= 4 is 16.7 Å². The van der Waals surface area contributed by atoms with E-state index in [9.17, 15) is 4.79 Å². The number of fused-ring (bicyclic) bond motifs is 1. The lowest BCUT2D eigenvalue weighted by Crippen LogP contribution is -2.47. The maximum absolute atomic E-state index is 13.9. The maximum Gasteiger partial charge on any atom is 0.233 e. The molecule has 1 saturated heterocycles. The van der Waals surface area contributed by atoms with Gasteiger partial charge in [0.05, 0.1) is 18.6 Å². The molecule has 1 aromatic heterocycles. The summed E-state index contributed by atoms with van der Waals surface area (Å²) in [5.74, 6) is 0.566. The Balaban J connectivity index is 1.39. The van der Waals surface area contributed by atoms with Gasteiger partial charge < -0.3 is 9.64 Å². The fourth-order valence-corrected chi connectivity index (χ4v) is 5.51. The van der Waals surface area contributed by atoms with Gasteiger partial charge in [0, 0.05) is 36.8 Å². The average molecular weight is 415 g/mol. The first kappa shape index (κ1) is 20.2. The third-order valence-electron chi connectivity index (χ3n) is 7.08. The topological polar surface area (TPSA) is 42.4 Å². The molecule has 0 bridgehead atoms. The van der Waals surface area contributed by atoms with Crippen molar-refractivity contribution in [3.8, 4) is 0 Å². The fraction of sp³-hybridized carbons (Fsp3) is 0.407. The van der Waals surface area contributed by atoms with E-state index in [0.717, 1.165) is 44.0 Å². The fourth-order valence-electron chi connectivity index (χ4n) is 5.51. The number of hydrogen-bond acceptors (Lipinski definition) is 3. The molecule has 160 valence electrons. The van der Waals surface area contributed by atoms with Gasteiger partial charge in [0.2, 0.25) is 5.91 Å². The molecular formula is C27H30N2O2. The third kappa shape index (κ3) is 3.97. The van der Waals surface area contributed by atoms with Gasteiger partial charge in [-0.25, -0.2) is 0 Å². The first-order valence-electron chi connectivity index (χ1n) is 11.5. The molecule has 2 heterocycles. The number of aromatic nitrogens is 1. The van der Waals surface area contributed by atoms with Gasteiger partial charge >= 0.3 is 0 Å². The van der Waals surface area contributed by atoms with Crippen molar-refractivity contribution in [2.75, 3.05) is 26.3 Å². The Hall–Kier alpha value is -2.72. The molecule has 0 N–H and O–H groups in total. The molecule has 1 aliphatic carbocycles. The summed E-state index contributed by atoms with van der Waals surface area (Å²) in [6.07, 6.45) is 8.91. The Morgan fingerprint density at radius 1 is 1.03 bits per heavy atom. The van der Waals surface area contributed by atoms with Crippen LogP contribution in [0.25, 0.3) is 10.8 Å². The Morgan fingerprint density at radius 3 is 2.65 bits per heavy atom. The molecule has 0 spiro atoms. The first-order valence-corrected chi connectivity index (χ1v) is 11.5. The van der Waals surface area contributed by atoms with Crippen LogP contribution >= 0.6 is 0 Å². The van der Waals surface area contributed by atoms with E-state index in [1.165, 1.54) is 16.5 Å². The van der Waals surface area contributed by atoms with Crippen molar-refractivity contribution in [1.82, 2.24) is 9.88 Å². The van der Waals surface area contributed by atoms with E-state index in [-0.39, 0.29) is 11.3 Å². The van der Waals surface area contributed by atoms with Crippen LogP contribution in [0, 0.1) is 5.92 Å². The molecule has 1 amide bonds. The lowest BCUT2D eigenvalue weighted by Gasteiger charge is -2.35. The maximum atomic E-state index is 13.9. The van der Waals surface area contributed by atoms with Crippen molar-refractivity contribution in [3.05, 3.63) is 78.1 Å². The summed E-state index contributed by atoms with van der Waals surface area (Å²) in [5.41, 5.74) is 2.05. The number of pyridine rings is 1. The minimum atomic E-state index is -0.364. The summed E-state index contributed by atoms with van der Waals surface area (Å²) in [4.78, 5) is 20.5. The van der Waals surface area contributed by atoms with E-state index < -0.39 is 0 Å². The van der Waals surface area contributed by atoms with Gasteiger partial charge in [-0.1, -0.05) is 67.4 Å². The summed E-state index contributed by atoms with van der Waals surface area (Å²) < 4.78 is 5.96. The zero-order valence-electron chi connectivity index (χ0n) is 18.0. The van der Waals surface area contributed by atoms with Crippen LogP contribution in [0.1, 0.15) is 36.8 Å². The molecule has 1 aliphatic heterocycles. The van der Waals surface area contributed by atoms with Gasteiger partial charge in [0.15, 0.2) is 0 Å². The van der Waals surface area contributed by atoms with Crippen molar-refractivity contribution < 1.29 is 9.53 Å². The predicted molar refractivity (Wildman–Crippen MR) is 123 cm³/mol. The molecule has 31 heavy (non-hydrogen) atoms. The SMILES string of the molecule is O=C(N1CCOC[C@@H](Cc2cncc3ccccc23)C1)C1(c2ccccc2)CCCC1. The zero-order chi connectivity index (χ0) is 21.1. The second-order valence-corrected chi connectivity index (χ2v) is 9.07. The van der Waals surface area contributed by atoms with Crippen LogP contribution in [-0.2, 0) is 21.4 Å². The molecule has 0 unspecified atom stereocenters. The highest BCUT2D eigenvalue weighted by Gasteiger charge is 2.45. The number of hydrogen-bond donors (Lipinski definition) is 0. The van der Waals surface area contributed by atoms with Gasteiger partial charge in [0.1, 0.15) is 0 Å². The van der Waals surface area contributed by atoms with Gasteiger partial charge in [0.25, 0.3) is 0 Å². The van der Waals surface area contributed by atoms with Crippen molar-refractivity contribution in [1.29, 1.82) is 0 Å². The standard InChI is InChI=1S/C27H30N2O2/c30-26(27(12-6-7-13-27)24-9-2-1-3-10-24)29-14-15-31-20-21(19-29)16-23-18-28-17-22-8-4-5-11-25(22)23/h1-5,8-11,17-18,21H,6-7,12-16,19-20H2/t21-/m0/s1. The Kier molecular flexibility index (Phi) is 5.73. The van der Waals surface area contributed by atoms with Crippen LogP contribution in [0.2, 0.25) is 0 Å². The predicted octanol–water partition coefficient (Wildman–Crippen LogP) is 4.76. The lowest BCUT2D eigenvalue weighted by atomic mass is 9.77. The van der Waals surface area contributed by atoms with E-state index in [1.54, 1.807) is 0 Å². The molecule has 4 nitrogen and oxygen atoms in total. The molecule has 1 atom stereocenters. The molecule has 3 aromatic rings. The molecule has 1 saturated carbocycles. The van der Waals surface area contributed by atoms with Crippen molar-refractivity contribution in [2.24, 2.45) is 5.92 Å². The largest absolute Gasteiger partial charge is 0.379 e. The number of ether oxygens (including phenoxy) is 1. The highest BCUT2D eigenvalue weighted by molar-refractivity contribution is 5.89. The Labute approximate surface area is 184 Å². The first-order chi connectivity index (χ1) is 15.3. The summed E-state index contributed by atoms with van der Waals surface area (Å²) >= 11 is 0. The number of carbonyl (C=O) groups is 1. The van der Waals surface area contributed by atoms with Crippen LogP contribution in [0.3, 0.4) is 0 Å². The van der Waals surface area contributed by atoms with Gasteiger partial charge in [-0.05, 0) is 35.8 Å². The molecule has 5 rings (SSSR count). The van der Waals surface area contributed by atoms with Gasteiger partial charge in [-0.3, -0.25) is 9.78 Å². The average Bonchev–Trinajstić information content (AvgIpc) is 3.21. The number of amides is 1. The van der Waals surface area contributed by atoms with Gasteiger partial charge in [-0.15, -0.1) is 0 Å². The minimum absolute atomic E-state index is 0.272. The number of rotatable bonds is 4. The van der Waals surface area contributed by atoms with Crippen LogP contribution in [-0.4, -0.2) is 42.1 Å². The molecule has 2 aliphatic rings. The Bertz CT molecular complexity index is 1040. The highest BCUT2D eigenvalue weighted by atomic mass is 16.5. The van der Waals surface area contributed by atoms with Crippen LogP contribution < -0.4 is 0 Å². The molecule has 2 aromatic carbocycles. The van der Waals surface area contributed by atoms with Gasteiger partial charge in [-0.2, -0.15) is 0 Å². The summed E-state index contributed by atoms with van der Waals surface area (Å²) in [5, 5.41) is 2.41. The number of carbonyl (C=O) groups excluding carboxylic acids is 1. The second kappa shape index (κ2) is 8.80. The molecule has 2 fully saturated rings. The summed E-state index contributed by atoms with van der Waals surface area (Å²) in [6.45, 7) is 2.72. The highest BCUT2D eigenvalue weighted by Crippen LogP contribution is 2.43. The van der Waals surface area contributed by atoms with E-state index >= 15 is 0 Å². The van der Waals surface area contributed by atoms with E-state index in [2.05, 4.69) is 52.3 Å². The van der Waals surface area contributed by atoms with Crippen LogP contribution in [0.4, 0.5) is 0 Å². The van der Waals surface area contributed by atoms with Crippen molar-refractivity contribution in [2.45, 2.75) is 37.5 Å². The monoisotopic (exact) mass is 414 g/mol. The number of benzene rings is 2. The Morgan fingerprint density at radius 2 is 1.81 bits per heavy atom. The second-order valence-electron chi connectivity index (χ2n) is 9.07. The van der Waals surface area contributed by atoms with E-state index in [1.807, 2.05) is 24.5 Å². The minimum Gasteiger partial charge on any atom is -0.379 e. The zero-order valence-corrected chi connectivity index (χ0v) is 18.0. The normalized spacial score (nSPS) is 21.2. The smallest absolute Gasteiger partial charge is 0.233 e. The van der Waals surface area contributed by atoms with Crippen molar-refractivity contribution in [3.63, 3.8) is 0 Å². The molecule has 0 radical (unpaired) electrons. The van der Waals surface area contributed by atoms with E-state index in [0.29, 0.717) is 25.7 Å². The number of nitrogens with zero attached hydrogens (tertiary/aromatic N) is 2. The lowest BCUT2D eigenvalue weighted by molar-refractivity contribution is -0.137. The van der Waals surface area contributed by atoms with E-state index in [4.69, 9.17) is 4.74 Å². The molecule has 4 heteroatoms.